The molecule has 1 aromatic heterocycles. The Bertz CT molecular complexity index is 250. The number of aryl methyl sites for hydroxylation is 2. The van der Waals surface area contributed by atoms with E-state index < -0.39 is 0 Å². The van der Waals surface area contributed by atoms with Crippen molar-refractivity contribution < 1.29 is 5.11 Å². The summed E-state index contributed by atoms with van der Waals surface area (Å²) in [7, 11) is 1.90. The van der Waals surface area contributed by atoms with Gasteiger partial charge in [-0.15, -0.1) is 0 Å². The molecule has 1 aromatic rings. The van der Waals surface area contributed by atoms with Gasteiger partial charge in [-0.1, -0.05) is 0 Å². The summed E-state index contributed by atoms with van der Waals surface area (Å²) < 4.78 is 1.79. The summed E-state index contributed by atoms with van der Waals surface area (Å²) in [6, 6.07) is 0. The van der Waals surface area contributed by atoms with Gasteiger partial charge in [-0.05, 0) is 24.7 Å². The van der Waals surface area contributed by atoms with Crippen molar-refractivity contribution in [1.29, 1.82) is 0 Å². The highest BCUT2D eigenvalue weighted by molar-refractivity contribution is 7.98. The molecule has 0 aromatic carbocycles. The first kappa shape index (κ1) is 10.6. The van der Waals surface area contributed by atoms with Crippen molar-refractivity contribution in [3.63, 3.8) is 0 Å². The van der Waals surface area contributed by atoms with Crippen LogP contribution in [0.25, 0.3) is 0 Å². The summed E-state index contributed by atoms with van der Waals surface area (Å²) >= 11 is 1.68. The Kier molecular flexibility index (Phi) is 4.32. The van der Waals surface area contributed by atoms with Gasteiger partial charge in [-0.2, -0.15) is 16.9 Å². The van der Waals surface area contributed by atoms with Crippen molar-refractivity contribution in [2.45, 2.75) is 18.9 Å². The number of aliphatic hydroxyl groups is 1. The minimum atomic E-state index is -0.185. The molecule has 1 atom stereocenters. The van der Waals surface area contributed by atoms with Gasteiger partial charge in [-0.3, -0.25) is 4.68 Å². The van der Waals surface area contributed by atoms with Crippen molar-refractivity contribution >= 4 is 11.8 Å². The van der Waals surface area contributed by atoms with E-state index >= 15 is 0 Å². The van der Waals surface area contributed by atoms with Crippen molar-refractivity contribution in [3.8, 4) is 0 Å². The second kappa shape index (κ2) is 5.29. The van der Waals surface area contributed by atoms with Crippen LogP contribution in [-0.4, -0.2) is 33.0 Å². The smallest absolute Gasteiger partial charge is 0.0633 e. The van der Waals surface area contributed by atoms with Crippen LogP contribution < -0.4 is 0 Å². The second-order valence-electron chi connectivity index (χ2n) is 3.17. The fraction of sp³-hybridized carbons (Fsp3) is 0.667. The Morgan fingerprint density at radius 1 is 1.69 bits per heavy atom. The maximum absolute atomic E-state index is 9.47. The predicted octanol–water partition coefficient (Wildman–Crippen LogP) is 1.08. The highest BCUT2D eigenvalue weighted by Gasteiger charge is 2.04. The molecule has 0 saturated heterocycles. The van der Waals surface area contributed by atoms with Crippen LogP contribution in [-0.2, 0) is 13.5 Å². The molecule has 0 aliphatic carbocycles. The number of hydrogen-bond acceptors (Lipinski definition) is 3. The van der Waals surface area contributed by atoms with E-state index in [2.05, 4.69) is 5.10 Å². The van der Waals surface area contributed by atoms with Crippen LogP contribution in [0.5, 0.6) is 0 Å². The summed E-state index contributed by atoms with van der Waals surface area (Å²) in [6.45, 7) is 0. The average molecular weight is 200 g/mol. The van der Waals surface area contributed by atoms with Gasteiger partial charge < -0.3 is 5.11 Å². The van der Waals surface area contributed by atoms with Gasteiger partial charge in [0.15, 0.2) is 0 Å². The standard InChI is InChI=1S/C9H16N2OS/c1-11-6-8(5-10-11)3-4-9(12)7-13-2/h5-6,9,12H,3-4,7H2,1-2H3. The molecule has 0 fully saturated rings. The van der Waals surface area contributed by atoms with Crippen LogP contribution >= 0.6 is 11.8 Å². The van der Waals surface area contributed by atoms with Crippen LogP contribution in [0.1, 0.15) is 12.0 Å². The fourth-order valence-electron chi connectivity index (χ4n) is 1.21. The Morgan fingerprint density at radius 2 is 2.46 bits per heavy atom. The maximum Gasteiger partial charge on any atom is 0.0633 e. The molecule has 1 heterocycles. The second-order valence-corrected chi connectivity index (χ2v) is 4.08. The average Bonchev–Trinajstić information content (AvgIpc) is 2.49. The third-order valence-electron chi connectivity index (χ3n) is 1.88. The van der Waals surface area contributed by atoms with Crippen LogP contribution in [0.3, 0.4) is 0 Å². The van der Waals surface area contributed by atoms with Crippen LogP contribution in [0, 0.1) is 0 Å². The van der Waals surface area contributed by atoms with Gasteiger partial charge in [-0.25, -0.2) is 0 Å². The Hall–Kier alpha value is -0.480. The molecular weight excluding hydrogens is 184 g/mol. The molecule has 1 N–H and O–H groups in total. The molecule has 0 spiro atoms. The zero-order chi connectivity index (χ0) is 9.68. The molecule has 3 nitrogen and oxygen atoms in total. The van der Waals surface area contributed by atoms with E-state index in [1.165, 1.54) is 5.56 Å². The normalized spacial score (nSPS) is 13.2. The molecule has 0 aliphatic heterocycles. The number of hydrogen-bond donors (Lipinski definition) is 1. The van der Waals surface area contributed by atoms with E-state index in [1.54, 1.807) is 16.4 Å². The maximum atomic E-state index is 9.47. The molecule has 13 heavy (non-hydrogen) atoms. The molecule has 0 saturated carbocycles. The van der Waals surface area contributed by atoms with Crippen LogP contribution in [0.2, 0.25) is 0 Å². The topological polar surface area (TPSA) is 38.1 Å². The van der Waals surface area contributed by atoms with Gasteiger partial charge in [0, 0.05) is 19.0 Å². The molecule has 0 radical (unpaired) electrons. The fourth-order valence-corrected chi connectivity index (χ4v) is 1.76. The third kappa shape index (κ3) is 3.83. The summed E-state index contributed by atoms with van der Waals surface area (Å²) in [4.78, 5) is 0. The van der Waals surface area contributed by atoms with Crippen molar-refractivity contribution in [2.75, 3.05) is 12.0 Å². The third-order valence-corrected chi connectivity index (χ3v) is 2.60. The molecule has 0 amide bonds. The number of nitrogens with zero attached hydrogens (tertiary/aromatic N) is 2. The molecule has 74 valence electrons. The zero-order valence-electron chi connectivity index (χ0n) is 8.10. The monoisotopic (exact) mass is 200 g/mol. The van der Waals surface area contributed by atoms with Gasteiger partial charge in [0.1, 0.15) is 0 Å². The summed E-state index contributed by atoms with van der Waals surface area (Å²) in [6.07, 6.45) is 7.41. The van der Waals surface area contributed by atoms with Crippen molar-refractivity contribution in [1.82, 2.24) is 9.78 Å². The molecule has 1 rings (SSSR count). The van der Waals surface area contributed by atoms with Gasteiger partial charge in [0.25, 0.3) is 0 Å². The molecule has 4 heteroatoms. The highest BCUT2D eigenvalue weighted by atomic mass is 32.2. The van der Waals surface area contributed by atoms with Crippen molar-refractivity contribution in [2.24, 2.45) is 7.05 Å². The Labute approximate surface area is 83.1 Å². The van der Waals surface area contributed by atoms with Crippen LogP contribution in [0.15, 0.2) is 12.4 Å². The highest BCUT2D eigenvalue weighted by Crippen LogP contribution is 2.06. The summed E-state index contributed by atoms with van der Waals surface area (Å²) in [5.41, 5.74) is 1.20. The van der Waals surface area contributed by atoms with E-state index in [1.807, 2.05) is 25.7 Å². The van der Waals surface area contributed by atoms with Crippen LogP contribution in [0.4, 0.5) is 0 Å². The van der Waals surface area contributed by atoms with E-state index in [0.29, 0.717) is 0 Å². The van der Waals surface area contributed by atoms with Gasteiger partial charge >= 0.3 is 0 Å². The molecular formula is C9H16N2OS. The first-order valence-corrected chi connectivity index (χ1v) is 5.76. The van der Waals surface area contributed by atoms with Gasteiger partial charge in [0.2, 0.25) is 0 Å². The van der Waals surface area contributed by atoms with E-state index in [9.17, 15) is 5.11 Å². The first-order chi connectivity index (χ1) is 6.22. The molecule has 0 aliphatic rings. The Morgan fingerprint density at radius 3 is 3.00 bits per heavy atom. The molecule has 0 bridgehead atoms. The van der Waals surface area contributed by atoms with E-state index in [4.69, 9.17) is 0 Å². The number of aliphatic hydroxyl groups excluding tert-OH is 1. The zero-order valence-corrected chi connectivity index (χ0v) is 8.92. The molecule has 1 unspecified atom stereocenters. The quantitative estimate of drug-likeness (QED) is 0.773. The number of rotatable bonds is 5. The van der Waals surface area contributed by atoms with E-state index in [-0.39, 0.29) is 6.10 Å². The Balaban J connectivity index is 2.26. The first-order valence-electron chi connectivity index (χ1n) is 4.37. The largest absolute Gasteiger partial charge is 0.392 e. The summed E-state index contributed by atoms with van der Waals surface area (Å²) in [5, 5.41) is 13.5. The predicted molar refractivity (Wildman–Crippen MR) is 55.9 cm³/mol. The lowest BCUT2D eigenvalue weighted by Crippen LogP contribution is -2.10. The lowest BCUT2D eigenvalue weighted by Gasteiger charge is -2.06. The minimum Gasteiger partial charge on any atom is -0.392 e. The van der Waals surface area contributed by atoms with E-state index in [0.717, 1.165) is 18.6 Å². The SMILES string of the molecule is CSCC(O)CCc1cnn(C)c1. The number of aromatic nitrogens is 2. The number of thioether (sulfide) groups is 1. The van der Waals surface area contributed by atoms with Crippen molar-refractivity contribution in [3.05, 3.63) is 18.0 Å². The summed E-state index contributed by atoms with van der Waals surface area (Å²) in [5.74, 6) is 0.820. The lowest BCUT2D eigenvalue weighted by atomic mass is 10.1. The lowest BCUT2D eigenvalue weighted by molar-refractivity contribution is 0.189. The van der Waals surface area contributed by atoms with Gasteiger partial charge in [0.05, 0.1) is 12.3 Å². The minimum absolute atomic E-state index is 0.185.